The molecule has 6 heteroatoms. The van der Waals surface area contributed by atoms with Crippen LogP contribution in [0.4, 0.5) is 9.18 Å². The summed E-state index contributed by atoms with van der Waals surface area (Å²) in [5.41, 5.74) is 0.412. The summed E-state index contributed by atoms with van der Waals surface area (Å²) in [5, 5.41) is 12.3. The van der Waals surface area contributed by atoms with Crippen LogP contribution in [0.5, 0.6) is 0 Å². The average molecular weight is 301 g/mol. The molecular weight excluding hydrogens is 283 g/mol. The van der Waals surface area contributed by atoms with Gasteiger partial charge in [-0.05, 0) is 31.4 Å². The summed E-state index contributed by atoms with van der Waals surface area (Å²) in [6, 6.07) is 4.21. The Morgan fingerprint density at radius 1 is 1.55 bits per heavy atom. The van der Waals surface area contributed by atoms with Crippen LogP contribution in [0.3, 0.4) is 0 Å². The van der Waals surface area contributed by atoms with E-state index in [9.17, 15) is 14.3 Å². The van der Waals surface area contributed by atoms with Gasteiger partial charge in [0, 0.05) is 23.7 Å². The lowest BCUT2D eigenvalue weighted by atomic mass is 10.1. The number of amides is 2. The Balaban J connectivity index is 1.85. The van der Waals surface area contributed by atoms with E-state index in [1.165, 1.54) is 6.07 Å². The third-order valence-electron chi connectivity index (χ3n) is 3.56. The number of urea groups is 1. The third kappa shape index (κ3) is 3.41. The van der Waals surface area contributed by atoms with Gasteiger partial charge in [-0.1, -0.05) is 17.7 Å². The number of rotatable bonds is 4. The van der Waals surface area contributed by atoms with Gasteiger partial charge in [0.05, 0.1) is 12.6 Å². The summed E-state index contributed by atoms with van der Waals surface area (Å²) in [7, 11) is 0. The standard InChI is InChI=1S/C14H18ClFN2O2/c15-12-4-1-5-13(16)11(12)6-7-17-14(20)18-8-2-3-10(18)9-19/h1,4-5,10,19H,2-3,6-9H2,(H,17,20)/t10-/m0/s1. The first-order valence-corrected chi connectivity index (χ1v) is 7.09. The summed E-state index contributed by atoms with van der Waals surface area (Å²) in [6.45, 7) is 0.943. The zero-order chi connectivity index (χ0) is 14.5. The number of aliphatic hydroxyl groups excluding tert-OH is 1. The molecule has 2 rings (SSSR count). The lowest BCUT2D eigenvalue weighted by Crippen LogP contribution is -2.44. The Bertz CT molecular complexity index is 464. The molecule has 2 N–H and O–H groups in total. The van der Waals surface area contributed by atoms with Gasteiger partial charge in [0.15, 0.2) is 0 Å². The number of hydrogen-bond donors (Lipinski definition) is 2. The maximum atomic E-state index is 13.6. The van der Waals surface area contributed by atoms with Crippen LogP contribution in [0.15, 0.2) is 18.2 Å². The van der Waals surface area contributed by atoms with Gasteiger partial charge in [-0.15, -0.1) is 0 Å². The van der Waals surface area contributed by atoms with Crippen molar-refractivity contribution in [2.24, 2.45) is 0 Å². The van der Waals surface area contributed by atoms with Crippen LogP contribution in [-0.2, 0) is 6.42 Å². The molecule has 4 nitrogen and oxygen atoms in total. The zero-order valence-corrected chi connectivity index (χ0v) is 11.9. The van der Waals surface area contributed by atoms with Crippen LogP contribution >= 0.6 is 11.6 Å². The molecule has 1 saturated heterocycles. The number of benzene rings is 1. The highest BCUT2D eigenvalue weighted by atomic mass is 35.5. The van der Waals surface area contributed by atoms with E-state index in [1.54, 1.807) is 17.0 Å². The van der Waals surface area contributed by atoms with E-state index >= 15 is 0 Å². The van der Waals surface area contributed by atoms with Crippen molar-refractivity contribution < 1.29 is 14.3 Å². The normalized spacial score (nSPS) is 18.4. The minimum absolute atomic E-state index is 0.0213. The van der Waals surface area contributed by atoms with E-state index in [2.05, 4.69) is 5.32 Å². The number of nitrogens with one attached hydrogen (secondary N) is 1. The first-order chi connectivity index (χ1) is 9.63. The topological polar surface area (TPSA) is 52.6 Å². The molecule has 0 bridgehead atoms. The Labute approximate surface area is 122 Å². The van der Waals surface area contributed by atoms with E-state index < -0.39 is 0 Å². The van der Waals surface area contributed by atoms with Gasteiger partial charge in [0.1, 0.15) is 5.82 Å². The molecule has 110 valence electrons. The number of carbonyl (C=O) groups is 1. The Hall–Kier alpha value is -1.33. The van der Waals surface area contributed by atoms with Crippen molar-refractivity contribution in [2.45, 2.75) is 25.3 Å². The summed E-state index contributed by atoms with van der Waals surface area (Å²) in [4.78, 5) is 13.6. The van der Waals surface area contributed by atoms with Gasteiger partial charge in [-0.25, -0.2) is 9.18 Å². The van der Waals surface area contributed by atoms with Gasteiger partial charge in [0.25, 0.3) is 0 Å². The molecule has 0 unspecified atom stereocenters. The fraction of sp³-hybridized carbons (Fsp3) is 0.500. The highest BCUT2D eigenvalue weighted by Crippen LogP contribution is 2.19. The lowest BCUT2D eigenvalue weighted by Gasteiger charge is -2.23. The summed E-state index contributed by atoms with van der Waals surface area (Å²) >= 11 is 5.92. The van der Waals surface area contributed by atoms with Gasteiger partial charge < -0.3 is 15.3 Å². The molecule has 0 aromatic heterocycles. The van der Waals surface area contributed by atoms with Crippen LogP contribution in [0.2, 0.25) is 5.02 Å². The van der Waals surface area contributed by atoms with Crippen molar-refractivity contribution in [1.29, 1.82) is 0 Å². The first kappa shape index (κ1) is 15.1. The molecule has 2 amide bonds. The van der Waals surface area contributed by atoms with E-state index in [1.807, 2.05) is 0 Å². The highest BCUT2D eigenvalue weighted by molar-refractivity contribution is 6.31. The maximum absolute atomic E-state index is 13.6. The summed E-state index contributed by atoms with van der Waals surface area (Å²) in [5.74, 6) is -0.360. The molecular formula is C14H18ClFN2O2. The van der Waals surface area contributed by atoms with Gasteiger partial charge >= 0.3 is 6.03 Å². The van der Waals surface area contributed by atoms with Crippen molar-refractivity contribution >= 4 is 17.6 Å². The number of aliphatic hydroxyl groups is 1. The maximum Gasteiger partial charge on any atom is 0.317 e. The Morgan fingerprint density at radius 2 is 2.35 bits per heavy atom. The van der Waals surface area contributed by atoms with Crippen LogP contribution < -0.4 is 5.32 Å². The first-order valence-electron chi connectivity index (χ1n) is 6.71. The van der Waals surface area contributed by atoms with Crippen molar-refractivity contribution in [3.8, 4) is 0 Å². The molecule has 20 heavy (non-hydrogen) atoms. The number of likely N-dealkylation sites (tertiary alicyclic amines) is 1. The molecule has 0 aliphatic carbocycles. The smallest absolute Gasteiger partial charge is 0.317 e. The van der Waals surface area contributed by atoms with Crippen LogP contribution in [0.1, 0.15) is 18.4 Å². The van der Waals surface area contributed by atoms with Crippen molar-refractivity contribution in [3.05, 3.63) is 34.6 Å². The Kier molecular flexibility index (Phi) is 5.20. The van der Waals surface area contributed by atoms with E-state index in [-0.39, 0.29) is 24.5 Å². The summed E-state index contributed by atoms with van der Waals surface area (Å²) in [6.07, 6.45) is 2.07. The number of hydrogen-bond acceptors (Lipinski definition) is 2. The quantitative estimate of drug-likeness (QED) is 0.895. The van der Waals surface area contributed by atoms with Gasteiger partial charge in [-0.2, -0.15) is 0 Å². The van der Waals surface area contributed by atoms with Crippen LogP contribution in [0, 0.1) is 5.82 Å². The zero-order valence-electron chi connectivity index (χ0n) is 11.1. The molecule has 1 aromatic rings. The van der Waals surface area contributed by atoms with Crippen LogP contribution in [0.25, 0.3) is 0 Å². The molecule has 0 spiro atoms. The number of nitrogens with zero attached hydrogens (tertiary/aromatic N) is 1. The molecule has 0 radical (unpaired) electrons. The van der Waals surface area contributed by atoms with Crippen molar-refractivity contribution in [3.63, 3.8) is 0 Å². The molecule has 1 aromatic carbocycles. The molecule has 0 saturated carbocycles. The Morgan fingerprint density at radius 3 is 3.05 bits per heavy atom. The number of carbonyl (C=O) groups excluding carboxylic acids is 1. The monoisotopic (exact) mass is 300 g/mol. The predicted molar refractivity (Wildman–Crippen MR) is 75.3 cm³/mol. The second kappa shape index (κ2) is 6.90. The van der Waals surface area contributed by atoms with Gasteiger partial charge in [-0.3, -0.25) is 0 Å². The van der Waals surface area contributed by atoms with Crippen LogP contribution in [-0.4, -0.2) is 41.8 Å². The van der Waals surface area contributed by atoms with Crippen molar-refractivity contribution in [1.82, 2.24) is 10.2 Å². The number of halogens is 2. The second-order valence-electron chi connectivity index (χ2n) is 4.85. The highest BCUT2D eigenvalue weighted by Gasteiger charge is 2.27. The van der Waals surface area contributed by atoms with Gasteiger partial charge in [0.2, 0.25) is 0 Å². The van der Waals surface area contributed by atoms with E-state index in [4.69, 9.17) is 11.6 Å². The molecule has 1 heterocycles. The average Bonchev–Trinajstić information content (AvgIpc) is 2.90. The second-order valence-corrected chi connectivity index (χ2v) is 5.26. The molecule has 1 aliphatic rings. The third-order valence-corrected chi connectivity index (χ3v) is 3.92. The molecule has 1 atom stereocenters. The minimum Gasteiger partial charge on any atom is -0.394 e. The predicted octanol–water partition coefficient (Wildman–Crippen LogP) is 2.19. The largest absolute Gasteiger partial charge is 0.394 e. The summed E-state index contributed by atoms with van der Waals surface area (Å²) < 4.78 is 13.6. The van der Waals surface area contributed by atoms with E-state index in [0.29, 0.717) is 30.1 Å². The van der Waals surface area contributed by atoms with E-state index in [0.717, 1.165) is 12.8 Å². The van der Waals surface area contributed by atoms with Crippen molar-refractivity contribution in [2.75, 3.05) is 19.7 Å². The fourth-order valence-corrected chi connectivity index (χ4v) is 2.72. The minimum atomic E-state index is -0.360. The molecule has 1 fully saturated rings. The lowest BCUT2D eigenvalue weighted by molar-refractivity contribution is 0.157. The SMILES string of the molecule is O=C(NCCc1c(F)cccc1Cl)N1CCC[C@H]1CO. The molecule has 1 aliphatic heterocycles. The fourth-order valence-electron chi connectivity index (χ4n) is 2.46.